The second-order valence-corrected chi connectivity index (χ2v) is 7.09. The summed E-state index contributed by atoms with van der Waals surface area (Å²) >= 11 is 1.77. The van der Waals surface area contributed by atoms with Crippen molar-refractivity contribution in [2.45, 2.75) is 20.3 Å². The molecule has 1 amide bonds. The molecule has 2 aromatic rings. The lowest BCUT2D eigenvalue weighted by atomic mass is 10.1. The molecule has 1 atom stereocenters. The van der Waals surface area contributed by atoms with Gasteiger partial charge < -0.3 is 21.1 Å². The molecule has 0 spiro atoms. The fourth-order valence-electron chi connectivity index (χ4n) is 2.35. The molecule has 0 aliphatic heterocycles. The fourth-order valence-corrected chi connectivity index (χ4v) is 3.22. The van der Waals surface area contributed by atoms with Crippen molar-refractivity contribution in [3.05, 3.63) is 46.7 Å². The largest absolute Gasteiger partial charge is 0.508 e. The van der Waals surface area contributed by atoms with Gasteiger partial charge >= 0.3 is 0 Å². The van der Waals surface area contributed by atoms with Gasteiger partial charge in [0.1, 0.15) is 12.3 Å². The standard InChI is InChI=1S/C19H26N4O2S/c1-3-20-19(21-12-14(2)11-17-5-4-10-26-17)22-13-18(25)23-15-6-8-16(24)9-7-15/h4-10,14,24H,3,11-13H2,1-2H3,(H,23,25)(H2,20,21,22). The Kier molecular flexibility index (Phi) is 7.95. The number of hydrogen-bond donors (Lipinski definition) is 4. The van der Waals surface area contributed by atoms with E-state index in [9.17, 15) is 9.90 Å². The van der Waals surface area contributed by atoms with Crippen LogP contribution in [0.1, 0.15) is 18.7 Å². The molecule has 2 rings (SSSR count). The van der Waals surface area contributed by atoms with Crippen LogP contribution in [-0.4, -0.2) is 36.6 Å². The highest BCUT2D eigenvalue weighted by molar-refractivity contribution is 7.09. The predicted octanol–water partition coefficient (Wildman–Crippen LogP) is 2.83. The van der Waals surface area contributed by atoms with E-state index in [1.165, 1.54) is 17.0 Å². The summed E-state index contributed by atoms with van der Waals surface area (Å²) in [5.74, 6) is 1.05. The molecular formula is C19H26N4O2S. The van der Waals surface area contributed by atoms with Crippen LogP contribution in [0.2, 0.25) is 0 Å². The van der Waals surface area contributed by atoms with E-state index in [0.29, 0.717) is 17.6 Å². The van der Waals surface area contributed by atoms with Crippen molar-refractivity contribution in [3.8, 4) is 5.75 Å². The van der Waals surface area contributed by atoms with Crippen molar-refractivity contribution in [1.29, 1.82) is 0 Å². The van der Waals surface area contributed by atoms with Crippen LogP contribution in [0.4, 0.5) is 5.69 Å². The smallest absolute Gasteiger partial charge is 0.246 e. The molecule has 1 aromatic carbocycles. The third kappa shape index (κ3) is 7.14. The zero-order valence-corrected chi connectivity index (χ0v) is 16.0. The summed E-state index contributed by atoms with van der Waals surface area (Å²) < 4.78 is 0. The lowest BCUT2D eigenvalue weighted by Crippen LogP contribution is -2.40. The highest BCUT2D eigenvalue weighted by Crippen LogP contribution is 2.14. The Labute approximate surface area is 158 Å². The zero-order valence-electron chi connectivity index (χ0n) is 15.2. The molecule has 0 radical (unpaired) electrons. The first-order valence-electron chi connectivity index (χ1n) is 8.70. The Morgan fingerprint density at radius 2 is 2.00 bits per heavy atom. The second kappa shape index (κ2) is 10.5. The summed E-state index contributed by atoms with van der Waals surface area (Å²) in [6.45, 7) is 5.71. The van der Waals surface area contributed by atoms with Crippen LogP contribution in [0.5, 0.6) is 5.75 Å². The van der Waals surface area contributed by atoms with Crippen molar-refractivity contribution in [3.63, 3.8) is 0 Å². The van der Waals surface area contributed by atoms with E-state index in [1.807, 2.05) is 6.92 Å². The van der Waals surface area contributed by atoms with Gasteiger partial charge in [-0.25, -0.2) is 4.99 Å². The van der Waals surface area contributed by atoms with Crippen LogP contribution in [0, 0.1) is 5.92 Å². The maximum absolute atomic E-state index is 12.0. The van der Waals surface area contributed by atoms with Crippen molar-refractivity contribution in [2.75, 3.05) is 25.0 Å². The van der Waals surface area contributed by atoms with Crippen molar-refractivity contribution in [1.82, 2.24) is 10.6 Å². The van der Waals surface area contributed by atoms with Gasteiger partial charge in [-0.3, -0.25) is 4.79 Å². The lowest BCUT2D eigenvalue weighted by Gasteiger charge is -2.15. The van der Waals surface area contributed by atoms with Crippen molar-refractivity contribution in [2.24, 2.45) is 10.9 Å². The number of hydrogen-bond acceptors (Lipinski definition) is 4. The van der Waals surface area contributed by atoms with Crippen molar-refractivity contribution >= 4 is 28.9 Å². The summed E-state index contributed by atoms with van der Waals surface area (Å²) in [4.78, 5) is 17.7. The molecule has 0 aliphatic rings. The summed E-state index contributed by atoms with van der Waals surface area (Å²) in [5, 5.41) is 20.5. The number of aliphatic imine (C=N–C) groups is 1. The molecule has 0 aliphatic carbocycles. The number of phenolic OH excluding ortho intramolecular Hbond substituents is 1. The number of rotatable bonds is 8. The quantitative estimate of drug-likeness (QED) is 0.325. The number of aromatic hydroxyl groups is 1. The molecular weight excluding hydrogens is 348 g/mol. The Bertz CT molecular complexity index is 699. The third-order valence-electron chi connectivity index (χ3n) is 3.62. The molecule has 0 fully saturated rings. The first kappa shape index (κ1) is 19.8. The minimum Gasteiger partial charge on any atom is -0.508 e. The number of benzene rings is 1. The molecule has 1 heterocycles. The number of nitrogens with zero attached hydrogens (tertiary/aromatic N) is 1. The number of amides is 1. The first-order valence-corrected chi connectivity index (χ1v) is 9.58. The van der Waals surface area contributed by atoms with Crippen LogP contribution < -0.4 is 16.0 Å². The SMILES string of the molecule is CCNC(=NCC(=O)Nc1ccc(O)cc1)NCC(C)Cc1cccs1. The molecule has 26 heavy (non-hydrogen) atoms. The minimum atomic E-state index is -0.209. The zero-order chi connectivity index (χ0) is 18.8. The van der Waals surface area contributed by atoms with Crippen LogP contribution >= 0.6 is 11.3 Å². The molecule has 0 saturated heterocycles. The summed E-state index contributed by atoms with van der Waals surface area (Å²) in [5.41, 5.74) is 0.630. The van der Waals surface area contributed by atoms with Gasteiger partial charge in [0, 0.05) is 23.7 Å². The third-order valence-corrected chi connectivity index (χ3v) is 4.52. The number of phenols is 1. The number of guanidine groups is 1. The van der Waals surface area contributed by atoms with E-state index in [-0.39, 0.29) is 18.2 Å². The summed E-state index contributed by atoms with van der Waals surface area (Å²) in [7, 11) is 0. The minimum absolute atomic E-state index is 0.0233. The number of nitrogens with one attached hydrogen (secondary N) is 3. The van der Waals surface area contributed by atoms with Gasteiger partial charge in [-0.05, 0) is 55.0 Å². The maximum Gasteiger partial charge on any atom is 0.246 e. The molecule has 0 saturated carbocycles. The number of carbonyl (C=O) groups is 1. The molecule has 7 heteroatoms. The van der Waals surface area contributed by atoms with Gasteiger partial charge in [-0.1, -0.05) is 13.0 Å². The topological polar surface area (TPSA) is 85.8 Å². The molecule has 140 valence electrons. The number of carbonyl (C=O) groups excluding carboxylic acids is 1. The number of anilines is 1. The van der Waals surface area contributed by atoms with Crippen LogP contribution in [-0.2, 0) is 11.2 Å². The Hall–Kier alpha value is -2.54. The average molecular weight is 375 g/mol. The molecule has 1 aromatic heterocycles. The molecule has 6 nitrogen and oxygen atoms in total. The lowest BCUT2D eigenvalue weighted by molar-refractivity contribution is -0.114. The normalized spacial score (nSPS) is 12.5. The van der Waals surface area contributed by atoms with E-state index in [4.69, 9.17) is 0 Å². The van der Waals surface area contributed by atoms with Gasteiger partial charge in [0.05, 0.1) is 0 Å². The van der Waals surface area contributed by atoms with Crippen LogP contribution in [0.25, 0.3) is 0 Å². The maximum atomic E-state index is 12.0. The molecule has 4 N–H and O–H groups in total. The Morgan fingerprint density at radius 1 is 1.23 bits per heavy atom. The predicted molar refractivity (Wildman–Crippen MR) is 108 cm³/mol. The van der Waals surface area contributed by atoms with E-state index >= 15 is 0 Å². The Morgan fingerprint density at radius 3 is 2.65 bits per heavy atom. The van der Waals surface area contributed by atoms with Crippen molar-refractivity contribution < 1.29 is 9.90 Å². The van der Waals surface area contributed by atoms with E-state index in [2.05, 4.69) is 45.4 Å². The van der Waals surface area contributed by atoms with Gasteiger partial charge in [-0.2, -0.15) is 0 Å². The highest BCUT2D eigenvalue weighted by atomic mass is 32.1. The number of thiophene rings is 1. The fraction of sp³-hybridized carbons (Fsp3) is 0.368. The van der Waals surface area contributed by atoms with E-state index in [0.717, 1.165) is 19.5 Å². The van der Waals surface area contributed by atoms with Crippen LogP contribution in [0.3, 0.4) is 0 Å². The average Bonchev–Trinajstić information content (AvgIpc) is 3.12. The monoisotopic (exact) mass is 374 g/mol. The molecule has 0 bridgehead atoms. The summed E-state index contributed by atoms with van der Waals surface area (Å²) in [6.07, 6.45) is 1.02. The highest BCUT2D eigenvalue weighted by Gasteiger charge is 2.07. The van der Waals surface area contributed by atoms with E-state index in [1.54, 1.807) is 23.5 Å². The first-order chi connectivity index (χ1) is 12.6. The van der Waals surface area contributed by atoms with Gasteiger partial charge in [-0.15, -0.1) is 11.3 Å². The summed E-state index contributed by atoms with van der Waals surface area (Å²) in [6, 6.07) is 10.6. The van der Waals surface area contributed by atoms with Gasteiger partial charge in [0.15, 0.2) is 5.96 Å². The van der Waals surface area contributed by atoms with Gasteiger partial charge in [0.2, 0.25) is 5.91 Å². The second-order valence-electron chi connectivity index (χ2n) is 6.06. The Balaban J connectivity index is 1.80. The van der Waals surface area contributed by atoms with Crippen LogP contribution in [0.15, 0.2) is 46.8 Å². The van der Waals surface area contributed by atoms with Gasteiger partial charge in [0.25, 0.3) is 0 Å². The molecule has 1 unspecified atom stereocenters. The van der Waals surface area contributed by atoms with E-state index < -0.39 is 0 Å².